The summed E-state index contributed by atoms with van der Waals surface area (Å²) in [6, 6.07) is 8.38. The highest BCUT2D eigenvalue weighted by Crippen LogP contribution is 2.17. The lowest BCUT2D eigenvalue weighted by molar-refractivity contribution is -0.129. The summed E-state index contributed by atoms with van der Waals surface area (Å²) in [5.74, 6) is 1.62. The van der Waals surface area contributed by atoms with Crippen molar-refractivity contribution in [2.45, 2.75) is 39.5 Å². The minimum absolute atomic E-state index is 0.101. The Morgan fingerprint density at radius 2 is 2.23 bits per heavy atom. The molecule has 0 N–H and O–H groups in total. The van der Waals surface area contributed by atoms with Gasteiger partial charge >= 0.3 is 0 Å². The third-order valence-electron chi connectivity index (χ3n) is 4.87. The SMILES string of the molecule is CCCCOc1cccc(CCN(CC2CCOC2)CN(C)C(C)=O)c1. The van der Waals surface area contributed by atoms with Crippen molar-refractivity contribution in [3.05, 3.63) is 29.8 Å². The fraction of sp³-hybridized carbons (Fsp3) is 0.667. The molecule has 0 saturated carbocycles. The third-order valence-corrected chi connectivity index (χ3v) is 4.87. The second-order valence-corrected chi connectivity index (χ2v) is 7.26. The molecule has 26 heavy (non-hydrogen) atoms. The monoisotopic (exact) mass is 362 g/mol. The molecule has 1 unspecified atom stereocenters. The van der Waals surface area contributed by atoms with Crippen LogP contribution in [0.5, 0.6) is 5.75 Å². The highest BCUT2D eigenvalue weighted by molar-refractivity contribution is 5.72. The molecule has 2 rings (SSSR count). The lowest BCUT2D eigenvalue weighted by Gasteiger charge is -2.29. The third kappa shape index (κ3) is 7.34. The van der Waals surface area contributed by atoms with Crippen molar-refractivity contribution in [2.24, 2.45) is 5.92 Å². The van der Waals surface area contributed by atoms with E-state index in [2.05, 4.69) is 30.0 Å². The molecule has 0 radical (unpaired) electrons. The number of carbonyl (C=O) groups is 1. The number of amides is 1. The van der Waals surface area contributed by atoms with Gasteiger partial charge in [-0.3, -0.25) is 9.69 Å². The van der Waals surface area contributed by atoms with E-state index in [1.54, 1.807) is 11.8 Å². The molecule has 1 aromatic carbocycles. The highest BCUT2D eigenvalue weighted by Gasteiger charge is 2.20. The molecular formula is C21H34N2O3. The van der Waals surface area contributed by atoms with Crippen molar-refractivity contribution in [1.82, 2.24) is 9.80 Å². The van der Waals surface area contributed by atoms with E-state index in [0.717, 1.165) is 64.3 Å². The van der Waals surface area contributed by atoms with Crippen LogP contribution in [-0.4, -0.2) is 62.3 Å². The molecule has 1 saturated heterocycles. The van der Waals surface area contributed by atoms with Gasteiger partial charge in [0.25, 0.3) is 0 Å². The standard InChI is InChI=1S/C21H34N2O3/c1-4-5-12-26-21-8-6-7-19(14-21)9-11-23(17-22(3)18(2)24)15-20-10-13-25-16-20/h6-8,14,20H,4-5,9-13,15-17H2,1-3H3. The van der Waals surface area contributed by atoms with Crippen molar-refractivity contribution in [3.8, 4) is 5.75 Å². The van der Waals surface area contributed by atoms with E-state index in [1.165, 1.54) is 5.56 Å². The van der Waals surface area contributed by atoms with Crippen LogP contribution in [0.15, 0.2) is 24.3 Å². The van der Waals surface area contributed by atoms with E-state index < -0.39 is 0 Å². The maximum absolute atomic E-state index is 11.6. The zero-order valence-electron chi connectivity index (χ0n) is 16.6. The first kappa shape index (κ1) is 20.7. The van der Waals surface area contributed by atoms with Crippen LogP contribution >= 0.6 is 0 Å². The predicted molar refractivity (Wildman–Crippen MR) is 104 cm³/mol. The minimum Gasteiger partial charge on any atom is -0.494 e. The molecule has 1 aromatic rings. The lowest BCUT2D eigenvalue weighted by atomic mass is 10.1. The van der Waals surface area contributed by atoms with E-state index in [0.29, 0.717) is 12.6 Å². The van der Waals surface area contributed by atoms with Crippen molar-refractivity contribution >= 4 is 5.91 Å². The molecule has 0 aromatic heterocycles. The summed E-state index contributed by atoms with van der Waals surface area (Å²) in [6.07, 6.45) is 4.29. The number of nitrogens with zero attached hydrogens (tertiary/aromatic N) is 2. The Morgan fingerprint density at radius 3 is 2.92 bits per heavy atom. The largest absolute Gasteiger partial charge is 0.494 e. The molecule has 1 aliphatic heterocycles. The number of benzene rings is 1. The first-order valence-corrected chi connectivity index (χ1v) is 9.82. The molecule has 0 aliphatic carbocycles. The van der Waals surface area contributed by atoms with Gasteiger partial charge in [0.05, 0.1) is 19.9 Å². The molecule has 0 bridgehead atoms. The van der Waals surface area contributed by atoms with Gasteiger partial charge in [0.1, 0.15) is 5.75 Å². The summed E-state index contributed by atoms with van der Waals surface area (Å²) in [4.78, 5) is 15.8. The summed E-state index contributed by atoms with van der Waals surface area (Å²) in [6.45, 7) is 8.82. The maximum Gasteiger partial charge on any atom is 0.220 e. The number of hydrogen-bond acceptors (Lipinski definition) is 4. The second-order valence-electron chi connectivity index (χ2n) is 7.26. The molecule has 1 aliphatic rings. The zero-order chi connectivity index (χ0) is 18.8. The topological polar surface area (TPSA) is 42.0 Å². The van der Waals surface area contributed by atoms with Gasteiger partial charge < -0.3 is 14.4 Å². The Hall–Kier alpha value is -1.59. The van der Waals surface area contributed by atoms with Crippen LogP contribution in [0.1, 0.15) is 38.7 Å². The number of carbonyl (C=O) groups excluding carboxylic acids is 1. The summed E-state index contributed by atoms with van der Waals surface area (Å²) in [5.41, 5.74) is 1.28. The van der Waals surface area contributed by atoms with Gasteiger partial charge in [-0.2, -0.15) is 0 Å². The Balaban J connectivity index is 1.89. The van der Waals surface area contributed by atoms with Crippen molar-refractivity contribution in [1.29, 1.82) is 0 Å². The van der Waals surface area contributed by atoms with Gasteiger partial charge in [0.15, 0.2) is 0 Å². The summed E-state index contributed by atoms with van der Waals surface area (Å²) < 4.78 is 11.3. The summed E-state index contributed by atoms with van der Waals surface area (Å²) in [7, 11) is 1.86. The van der Waals surface area contributed by atoms with Crippen LogP contribution in [0.25, 0.3) is 0 Å². The van der Waals surface area contributed by atoms with Crippen LogP contribution in [-0.2, 0) is 16.0 Å². The Morgan fingerprint density at radius 1 is 1.38 bits per heavy atom. The minimum atomic E-state index is 0.101. The molecule has 1 atom stereocenters. The van der Waals surface area contributed by atoms with E-state index in [1.807, 2.05) is 13.1 Å². The quantitative estimate of drug-likeness (QED) is 0.448. The lowest BCUT2D eigenvalue weighted by Crippen LogP contribution is -2.41. The summed E-state index contributed by atoms with van der Waals surface area (Å²) in [5, 5.41) is 0. The van der Waals surface area contributed by atoms with Gasteiger partial charge in [-0.1, -0.05) is 25.5 Å². The van der Waals surface area contributed by atoms with Crippen LogP contribution in [0.4, 0.5) is 0 Å². The van der Waals surface area contributed by atoms with Crippen molar-refractivity contribution < 1.29 is 14.3 Å². The Labute approximate surface area is 158 Å². The highest BCUT2D eigenvalue weighted by atomic mass is 16.5. The first-order valence-electron chi connectivity index (χ1n) is 9.82. The number of ether oxygens (including phenoxy) is 2. The van der Waals surface area contributed by atoms with Crippen LogP contribution < -0.4 is 4.74 Å². The van der Waals surface area contributed by atoms with E-state index in [4.69, 9.17) is 9.47 Å². The molecule has 146 valence electrons. The predicted octanol–water partition coefficient (Wildman–Crippen LogP) is 3.18. The average molecular weight is 363 g/mol. The second kappa shape index (κ2) is 11.2. The van der Waals surface area contributed by atoms with Crippen LogP contribution in [0, 0.1) is 5.92 Å². The van der Waals surface area contributed by atoms with Gasteiger partial charge in [-0.15, -0.1) is 0 Å². The fourth-order valence-electron chi connectivity index (χ4n) is 3.12. The molecule has 1 heterocycles. The molecule has 1 amide bonds. The molecule has 5 heteroatoms. The van der Waals surface area contributed by atoms with Gasteiger partial charge in [-0.05, 0) is 42.9 Å². The Bertz CT molecular complexity index is 544. The van der Waals surface area contributed by atoms with Crippen molar-refractivity contribution in [3.63, 3.8) is 0 Å². The van der Waals surface area contributed by atoms with Gasteiger partial charge in [0, 0.05) is 33.7 Å². The Kier molecular flexibility index (Phi) is 8.92. The van der Waals surface area contributed by atoms with Crippen molar-refractivity contribution in [2.75, 3.05) is 46.6 Å². The molecule has 1 fully saturated rings. The maximum atomic E-state index is 11.6. The fourth-order valence-corrected chi connectivity index (χ4v) is 3.12. The van der Waals surface area contributed by atoms with E-state index in [-0.39, 0.29) is 5.91 Å². The van der Waals surface area contributed by atoms with E-state index >= 15 is 0 Å². The number of hydrogen-bond donors (Lipinski definition) is 0. The van der Waals surface area contributed by atoms with E-state index in [9.17, 15) is 4.79 Å². The van der Waals surface area contributed by atoms with Gasteiger partial charge in [0.2, 0.25) is 5.91 Å². The van der Waals surface area contributed by atoms with Gasteiger partial charge in [-0.25, -0.2) is 0 Å². The number of unbranched alkanes of at least 4 members (excludes halogenated alkanes) is 1. The number of rotatable bonds is 11. The molecule has 5 nitrogen and oxygen atoms in total. The average Bonchev–Trinajstić information content (AvgIpc) is 3.13. The zero-order valence-corrected chi connectivity index (χ0v) is 16.6. The smallest absolute Gasteiger partial charge is 0.220 e. The normalized spacial score (nSPS) is 16.8. The van der Waals surface area contributed by atoms with Crippen LogP contribution in [0.3, 0.4) is 0 Å². The molecular weight excluding hydrogens is 328 g/mol. The van der Waals surface area contributed by atoms with Crippen LogP contribution in [0.2, 0.25) is 0 Å². The summed E-state index contributed by atoms with van der Waals surface area (Å²) >= 11 is 0. The first-order chi connectivity index (χ1) is 12.6. The molecule has 0 spiro atoms.